The molecule has 2 amide bonds. The fourth-order valence-electron chi connectivity index (χ4n) is 2.42. The van der Waals surface area contributed by atoms with Gasteiger partial charge in [0.2, 0.25) is 0 Å². The van der Waals surface area contributed by atoms with Crippen LogP contribution in [0.1, 0.15) is 32.0 Å². The molecule has 2 rings (SSSR count). The molecule has 0 bridgehead atoms. The lowest BCUT2D eigenvalue weighted by molar-refractivity contribution is 0.0827. The van der Waals surface area contributed by atoms with E-state index in [4.69, 9.17) is 0 Å². The van der Waals surface area contributed by atoms with Crippen molar-refractivity contribution in [3.63, 3.8) is 0 Å². The van der Waals surface area contributed by atoms with E-state index in [0.29, 0.717) is 31.2 Å². The van der Waals surface area contributed by atoms with Gasteiger partial charge in [0.1, 0.15) is 0 Å². The Labute approximate surface area is 169 Å². The van der Waals surface area contributed by atoms with E-state index in [2.05, 4.69) is 20.9 Å². The Morgan fingerprint density at radius 1 is 1.04 bits per heavy atom. The molecule has 0 fully saturated rings. The summed E-state index contributed by atoms with van der Waals surface area (Å²) in [6.07, 6.45) is 0.791. The molecule has 0 atom stereocenters. The standard InChI is InChI=1S/C20H27N5O2S/c1-21-20(23-12-5-11-22-18(26)17-6-4-13-28-17)24-14-15-7-9-16(10-8-15)19(27)25(2)3/h4,6-10,13H,5,11-12,14H2,1-3H3,(H,22,26)(H2,21,23,24). The predicted octanol–water partition coefficient (Wildman–Crippen LogP) is 1.93. The molecular weight excluding hydrogens is 374 g/mol. The number of guanidine groups is 1. The van der Waals surface area contributed by atoms with Crippen LogP contribution in [0.5, 0.6) is 0 Å². The molecule has 2 aromatic rings. The van der Waals surface area contributed by atoms with Gasteiger partial charge in [-0.25, -0.2) is 0 Å². The van der Waals surface area contributed by atoms with Gasteiger partial charge in [-0.15, -0.1) is 11.3 Å². The lowest BCUT2D eigenvalue weighted by Gasteiger charge is -2.13. The number of nitrogens with zero attached hydrogens (tertiary/aromatic N) is 2. The fraction of sp³-hybridized carbons (Fsp3) is 0.350. The third kappa shape index (κ3) is 6.70. The maximum atomic E-state index is 11.9. The van der Waals surface area contributed by atoms with Crippen LogP contribution in [0.15, 0.2) is 46.8 Å². The van der Waals surface area contributed by atoms with Crippen LogP contribution < -0.4 is 16.0 Å². The Bertz CT molecular complexity index is 785. The van der Waals surface area contributed by atoms with Gasteiger partial charge in [0.05, 0.1) is 4.88 Å². The SMILES string of the molecule is CN=C(NCCCNC(=O)c1cccs1)NCc1ccc(C(=O)N(C)C)cc1. The molecule has 1 heterocycles. The molecule has 0 saturated carbocycles. The Balaban J connectivity index is 1.67. The third-order valence-electron chi connectivity index (χ3n) is 3.97. The van der Waals surface area contributed by atoms with Crippen LogP contribution in [0.25, 0.3) is 0 Å². The van der Waals surface area contributed by atoms with Crippen molar-refractivity contribution in [2.24, 2.45) is 4.99 Å². The smallest absolute Gasteiger partial charge is 0.261 e. The largest absolute Gasteiger partial charge is 0.356 e. The monoisotopic (exact) mass is 401 g/mol. The topological polar surface area (TPSA) is 85.8 Å². The average molecular weight is 402 g/mol. The summed E-state index contributed by atoms with van der Waals surface area (Å²) in [5, 5.41) is 11.2. The van der Waals surface area contributed by atoms with E-state index >= 15 is 0 Å². The highest BCUT2D eigenvalue weighted by molar-refractivity contribution is 7.12. The lowest BCUT2D eigenvalue weighted by Crippen LogP contribution is -2.38. The zero-order valence-corrected chi connectivity index (χ0v) is 17.3. The summed E-state index contributed by atoms with van der Waals surface area (Å²) in [5.74, 6) is 0.648. The highest BCUT2D eigenvalue weighted by atomic mass is 32.1. The van der Waals surface area contributed by atoms with Crippen molar-refractivity contribution in [1.82, 2.24) is 20.9 Å². The van der Waals surface area contributed by atoms with Gasteiger partial charge in [0.25, 0.3) is 11.8 Å². The Hall–Kier alpha value is -2.87. The first kappa shape index (κ1) is 21.4. The summed E-state index contributed by atoms with van der Waals surface area (Å²) in [6, 6.07) is 11.2. The second-order valence-corrected chi connectivity index (χ2v) is 7.28. The lowest BCUT2D eigenvalue weighted by atomic mass is 10.1. The first-order valence-corrected chi connectivity index (χ1v) is 9.96. The molecule has 8 heteroatoms. The number of nitrogens with one attached hydrogen (secondary N) is 3. The zero-order valence-electron chi connectivity index (χ0n) is 16.5. The maximum Gasteiger partial charge on any atom is 0.261 e. The minimum Gasteiger partial charge on any atom is -0.356 e. The van der Waals surface area contributed by atoms with Crippen LogP contribution >= 0.6 is 11.3 Å². The second-order valence-electron chi connectivity index (χ2n) is 6.34. The Morgan fingerprint density at radius 2 is 1.75 bits per heavy atom. The van der Waals surface area contributed by atoms with Crippen molar-refractivity contribution in [2.75, 3.05) is 34.2 Å². The molecule has 0 aliphatic heterocycles. The van der Waals surface area contributed by atoms with Gasteiger partial charge < -0.3 is 20.9 Å². The van der Waals surface area contributed by atoms with Crippen LogP contribution in [0.3, 0.4) is 0 Å². The van der Waals surface area contributed by atoms with E-state index in [-0.39, 0.29) is 11.8 Å². The Kier molecular flexibility index (Phi) is 8.48. The van der Waals surface area contributed by atoms with E-state index in [1.807, 2.05) is 41.8 Å². The van der Waals surface area contributed by atoms with Gasteiger partial charge in [-0.3, -0.25) is 14.6 Å². The van der Waals surface area contributed by atoms with Gasteiger partial charge in [-0.2, -0.15) is 0 Å². The Morgan fingerprint density at radius 3 is 2.36 bits per heavy atom. The van der Waals surface area contributed by atoms with Gasteiger partial charge >= 0.3 is 0 Å². The third-order valence-corrected chi connectivity index (χ3v) is 4.84. The molecule has 0 aliphatic rings. The van der Waals surface area contributed by atoms with E-state index < -0.39 is 0 Å². The fourth-order valence-corrected chi connectivity index (χ4v) is 3.06. The number of thiophene rings is 1. The van der Waals surface area contributed by atoms with Gasteiger partial charge in [0, 0.05) is 46.3 Å². The zero-order chi connectivity index (χ0) is 20.4. The number of rotatable bonds is 8. The van der Waals surface area contributed by atoms with Crippen molar-refractivity contribution in [3.05, 3.63) is 57.8 Å². The maximum absolute atomic E-state index is 11.9. The molecule has 3 N–H and O–H groups in total. The highest BCUT2D eigenvalue weighted by Gasteiger charge is 2.07. The predicted molar refractivity (Wildman–Crippen MR) is 114 cm³/mol. The van der Waals surface area contributed by atoms with E-state index in [1.54, 1.807) is 26.0 Å². The van der Waals surface area contributed by atoms with Crippen molar-refractivity contribution in [3.8, 4) is 0 Å². The molecule has 7 nitrogen and oxygen atoms in total. The summed E-state index contributed by atoms with van der Waals surface area (Å²) in [6.45, 7) is 1.90. The van der Waals surface area contributed by atoms with Crippen LogP contribution in [0, 0.1) is 0 Å². The first-order chi connectivity index (χ1) is 13.5. The van der Waals surface area contributed by atoms with Crippen molar-refractivity contribution in [2.45, 2.75) is 13.0 Å². The quantitative estimate of drug-likeness (QED) is 0.358. The van der Waals surface area contributed by atoms with Crippen molar-refractivity contribution >= 4 is 29.1 Å². The molecule has 150 valence electrons. The normalized spacial score (nSPS) is 11.0. The number of hydrogen-bond acceptors (Lipinski definition) is 4. The molecule has 1 aromatic carbocycles. The minimum atomic E-state index is -0.0336. The molecular formula is C20H27N5O2S. The summed E-state index contributed by atoms with van der Waals surface area (Å²) in [7, 11) is 5.19. The van der Waals surface area contributed by atoms with Crippen LogP contribution in [0.2, 0.25) is 0 Å². The summed E-state index contributed by atoms with van der Waals surface area (Å²) < 4.78 is 0. The molecule has 28 heavy (non-hydrogen) atoms. The van der Waals surface area contributed by atoms with Gasteiger partial charge in [-0.1, -0.05) is 18.2 Å². The molecule has 0 radical (unpaired) electrons. The van der Waals surface area contributed by atoms with Gasteiger partial charge in [-0.05, 0) is 35.6 Å². The van der Waals surface area contributed by atoms with E-state index in [1.165, 1.54) is 11.3 Å². The second kappa shape index (κ2) is 11.1. The van der Waals surface area contributed by atoms with E-state index in [9.17, 15) is 9.59 Å². The number of carbonyl (C=O) groups excluding carboxylic acids is 2. The van der Waals surface area contributed by atoms with Crippen LogP contribution in [-0.2, 0) is 6.54 Å². The number of carbonyl (C=O) groups is 2. The average Bonchev–Trinajstić information content (AvgIpc) is 3.24. The minimum absolute atomic E-state index is 0.0110. The summed E-state index contributed by atoms with van der Waals surface area (Å²) in [5.41, 5.74) is 1.72. The van der Waals surface area contributed by atoms with Crippen LogP contribution in [0.4, 0.5) is 0 Å². The number of amides is 2. The molecule has 0 saturated heterocycles. The molecule has 0 aliphatic carbocycles. The highest BCUT2D eigenvalue weighted by Crippen LogP contribution is 2.07. The van der Waals surface area contributed by atoms with Crippen molar-refractivity contribution < 1.29 is 9.59 Å². The summed E-state index contributed by atoms with van der Waals surface area (Å²) >= 11 is 1.43. The van der Waals surface area contributed by atoms with E-state index in [0.717, 1.165) is 16.9 Å². The van der Waals surface area contributed by atoms with Crippen LogP contribution in [-0.4, -0.2) is 56.9 Å². The summed E-state index contributed by atoms with van der Waals surface area (Å²) in [4.78, 5) is 30.2. The van der Waals surface area contributed by atoms with Gasteiger partial charge in [0.15, 0.2) is 5.96 Å². The van der Waals surface area contributed by atoms with Crippen molar-refractivity contribution in [1.29, 1.82) is 0 Å². The molecule has 0 spiro atoms. The number of benzene rings is 1. The first-order valence-electron chi connectivity index (χ1n) is 9.08. The number of aliphatic imine (C=N–C) groups is 1. The number of hydrogen-bond donors (Lipinski definition) is 3. The molecule has 0 unspecified atom stereocenters. The molecule has 1 aromatic heterocycles.